The normalized spacial score (nSPS) is 11.2. The lowest BCUT2D eigenvalue weighted by Crippen LogP contribution is -1.95. The van der Waals surface area contributed by atoms with Gasteiger partial charge in [-0.05, 0) is 37.6 Å². The molecule has 0 bridgehead atoms. The maximum atomic E-state index is 6.38. The van der Waals surface area contributed by atoms with Crippen molar-refractivity contribution < 1.29 is 9.15 Å². The topological polar surface area (TPSA) is 39.7 Å². The third kappa shape index (κ3) is 2.96. The van der Waals surface area contributed by atoms with E-state index in [1.165, 1.54) is 0 Å². The van der Waals surface area contributed by atoms with Gasteiger partial charge in [0.25, 0.3) is 5.71 Å². The summed E-state index contributed by atoms with van der Waals surface area (Å²) in [6.07, 6.45) is 0. The number of fused-ring (bicyclic) bond motifs is 1. The smallest absolute Gasteiger partial charge is 0.266 e. The molecule has 0 saturated carbocycles. The minimum absolute atomic E-state index is 0.444. The first-order valence-corrected chi connectivity index (χ1v) is 8.91. The van der Waals surface area contributed by atoms with Crippen LogP contribution < -0.4 is 4.74 Å². The zero-order valence-corrected chi connectivity index (χ0v) is 15.8. The molecule has 6 heteroatoms. The van der Waals surface area contributed by atoms with Gasteiger partial charge >= 0.3 is 0 Å². The van der Waals surface area contributed by atoms with Crippen molar-refractivity contribution in [2.24, 2.45) is 0 Å². The number of oxazole rings is 1. The van der Waals surface area contributed by atoms with E-state index in [-0.39, 0.29) is 0 Å². The Bertz CT molecular complexity index is 1080. The highest BCUT2D eigenvalue weighted by Crippen LogP contribution is 2.37. The molecule has 0 fully saturated rings. The molecule has 0 atom stereocenters. The summed E-state index contributed by atoms with van der Waals surface area (Å²) in [5.74, 6) is 1.34. The van der Waals surface area contributed by atoms with Crippen LogP contribution in [0.4, 0.5) is 0 Å². The largest absolute Gasteiger partial charge is 0.482 e. The number of ether oxygens (including phenoxy) is 1. The van der Waals surface area contributed by atoms with Gasteiger partial charge in [-0.25, -0.2) is 0 Å². The highest BCUT2D eigenvalue weighted by molar-refractivity contribution is 6.36. The molecule has 2 aromatic carbocycles. The first kappa shape index (κ1) is 17.0. The van der Waals surface area contributed by atoms with Gasteiger partial charge in [-0.3, -0.25) is 0 Å². The van der Waals surface area contributed by atoms with Gasteiger partial charge in [-0.1, -0.05) is 53.5 Å². The molecule has 4 nitrogen and oxygen atoms in total. The number of aryl methyl sites for hydroxylation is 2. The molecule has 4 rings (SSSR count). The predicted molar refractivity (Wildman–Crippen MR) is 103 cm³/mol. The van der Waals surface area contributed by atoms with Gasteiger partial charge in [-0.2, -0.15) is 9.61 Å². The van der Waals surface area contributed by atoms with E-state index in [4.69, 9.17) is 32.4 Å². The standard InChI is InChI=1S/C20H16Cl2N2O2/c1-12-19(25-11-14-6-4-3-5-7-14)20-24(23-12)18(13(2)26-20)16-9-8-15(21)10-17(16)22/h3-10H,11H2,1-2H3. The molecule has 26 heavy (non-hydrogen) atoms. The molecule has 0 aliphatic rings. The molecule has 2 aromatic heterocycles. The Morgan fingerprint density at radius 1 is 1.08 bits per heavy atom. The fourth-order valence-corrected chi connectivity index (χ4v) is 3.45. The molecule has 0 radical (unpaired) electrons. The van der Waals surface area contributed by atoms with Crippen LogP contribution in [0.25, 0.3) is 17.0 Å². The second-order valence-corrected chi connectivity index (χ2v) is 6.88. The van der Waals surface area contributed by atoms with E-state index in [2.05, 4.69) is 5.10 Å². The van der Waals surface area contributed by atoms with E-state index in [0.29, 0.717) is 33.9 Å². The molecule has 2 heterocycles. The van der Waals surface area contributed by atoms with Gasteiger partial charge < -0.3 is 9.15 Å². The van der Waals surface area contributed by atoms with Crippen LogP contribution in [0.2, 0.25) is 10.0 Å². The Morgan fingerprint density at radius 3 is 2.58 bits per heavy atom. The van der Waals surface area contributed by atoms with Crippen LogP contribution in [-0.2, 0) is 6.61 Å². The van der Waals surface area contributed by atoms with E-state index in [9.17, 15) is 0 Å². The Balaban J connectivity index is 1.77. The van der Waals surface area contributed by atoms with Crippen molar-refractivity contribution in [3.63, 3.8) is 0 Å². The first-order chi connectivity index (χ1) is 12.5. The van der Waals surface area contributed by atoms with Gasteiger partial charge in [0.2, 0.25) is 5.75 Å². The van der Waals surface area contributed by atoms with Crippen molar-refractivity contribution >= 4 is 28.9 Å². The lowest BCUT2D eigenvalue weighted by Gasteiger charge is -2.04. The fourth-order valence-electron chi connectivity index (χ4n) is 2.96. The van der Waals surface area contributed by atoms with Crippen LogP contribution in [0.15, 0.2) is 52.9 Å². The molecular formula is C20H16Cl2N2O2. The molecular weight excluding hydrogens is 371 g/mol. The van der Waals surface area contributed by atoms with E-state index in [0.717, 1.165) is 22.5 Å². The van der Waals surface area contributed by atoms with Gasteiger partial charge in [0.1, 0.15) is 23.8 Å². The fraction of sp³-hybridized carbons (Fsp3) is 0.150. The van der Waals surface area contributed by atoms with Crippen LogP contribution in [0.5, 0.6) is 5.75 Å². The monoisotopic (exact) mass is 386 g/mol. The van der Waals surface area contributed by atoms with Crippen molar-refractivity contribution in [2.45, 2.75) is 20.5 Å². The maximum absolute atomic E-state index is 6.38. The lowest BCUT2D eigenvalue weighted by atomic mass is 10.1. The summed E-state index contributed by atoms with van der Waals surface area (Å²) in [6.45, 7) is 4.22. The molecule has 0 spiro atoms. The summed E-state index contributed by atoms with van der Waals surface area (Å²) in [6, 6.07) is 15.3. The molecule has 132 valence electrons. The number of hydrogen-bond donors (Lipinski definition) is 0. The first-order valence-electron chi connectivity index (χ1n) is 8.15. The number of nitrogens with zero attached hydrogens (tertiary/aromatic N) is 2. The Hall–Kier alpha value is -2.43. The average molecular weight is 387 g/mol. The summed E-state index contributed by atoms with van der Waals surface area (Å²) in [5, 5.41) is 5.72. The van der Waals surface area contributed by atoms with Crippen molar-refractivity contribution in [3.8, 4) is 17.0 Å². The lowest BCUT2D eigenvalue weighted by molar-refractivity contribution is 0.302. The van der Waals surface area contributed by atoms with Crippen LogP contribution in [-0.4, -0.2) is 9.61 Å². The quantitative estimate of drug-likeness (QED) is 0.425. The van der Waals surface area contributed by atoms with Crippen molar-refractivity contribution in [2.75, 3.05) is 0 Å². The van der Waals surface area contributed by atoms with Gasteiger partial charge in [0.05, 0.1) is 5.02 Å². The summed E-state index contributed by atoms with van der Waals surface area (Å²) < 4.78 is 13.7. The van der Waals surface area contributed by atoms with E-state index < -0.39 is 0 Å². The van der Waals surface area contributed by atoms with Crippen LogP contribution in [0.3, 0.4) is 0 Å². The minimum atomic E-state index is 0.444. The maximum Gasteiger partial charge on any atom is 0.266 e. The summed E-state index contributed by atoms with van der Waals surface area (Å²) >= 11 is 12.4. The number of halogens is 2. The number of hydrogen-bond acceptors (Lipinski definition) is 3. The molecule has 0 aliphatic carbocycles. The second kappa shape index (κ2) is 6.71. The van der Waals surface area contributed by atoms with Crippen LogP contribution >= 0.6 is 23.2 Å². The predicted octanol–water partition coefficient (Wildman–Crippen LogP) is 6.10. The number of benzene rings is 2. The number of rotatable bonds is 4. The van der Waals surface area contributed by atoms with Crippen molar-refractivity contribution in [1.82, 2.24) is 9.61 Å². The van der Waals surface area contributed by atoms with Crippen molar-refractivity contribution in [3.05, 3.63) is 75.6 Å². The molecule has 0 N–H and O–H groups in total. The zero-order valence-electron chi connectivity index (χ0n) is 14.3. The highest BCUT2D eigenvalue weighted by Gasteiger charge is 2.22. The van der Waals surface area contributed by atoms with Gasteiger partial charge in [0.15, 0.2) is 0 Å². The minimum Gasteiger partial charge on any atom is -0.482 e. The molecule has 0 saturated heterocycles. The third-order valence-corrected chi connectivity index (χ3v) is 4.72. The Morgan fingerprint density at radius 2 is 1.85 bits per heavy atom. The van der Waals surface area contributed by atoms with Crippen LogP contribution in [0, 0.1) is 13.8 Å². The van der Waals surface area contributed by atoms with E-state index >= 15 is 0 Å². The zero-order chi connectivity index (χ0) is 18.3. The Kier molecular flexibility index (Phi) is 4.39. The summed E-state index contributed by atoms with van der Waals surface area (Å²) in [4.78, 5) is 0. The molecule has 0 amide bonds. The second-order valence-electron chi connectivity index (χ2n) is 6.04. The van der Waals surface area contributed by atoms with Gasteiger partial charge in [-0.15, -0.1) is 0 Å². The van der Waals surface area contributed by atoms with E-state index in [1.807, 2.05) is 50.2 Å². The highest BCUT2D eigenvalue weighted by atomic mass is 35.5. The third-order valence-electron chi connectivity index (χ3n) is 4.17. The average Bonchev–Trinajstić information content (AvgIpc) is 3.08. The van der Waals surface area contributed by atoms with Gasteiger partial charge in [0, 0.05) is 10.6 Å². The van der Waals surface area contributed by atoms with Crippen molar-refractivity contribution in [1.29, 1.82) is 0 Å². The molecule has 4 aromatic rings. The summed E-state index contributed by atoms with van der Waals surface area (Å²) in [7, 11) is 0. The summed E-state index contributed by atoms with van der Waals surface area (Å²) in [5.41, 5.74) is 4.00. The SMILES string of the molecule is Cc1nn2c(-c3ccc(Cl)cc3Cl)c(C)oc2c1OCc1ccccc1. The molecule has 0 unspecified atom stereocenters. The van der Waals surface area contributed by atoms with Crippen LogP contribution in [0.1, 0.15) is 17.0 Å². The molecule has 0 aliphatic heterocycles. The Labute approximate surface area is 160 Å². The van der Waals surface area contributed by atoms with E-state index in [1.54, 1.807) is 16.6 Å². The number of aromatic nitrogens is 2.